The number of hydrogen-bond donors (Lipinski definition) is 1. The van der Waals surface area contributed by atoms with Crippen molar-refractivity contribution in [2.75, 3.05) is 12.8 Å². The van der Waals surface area contributed by atoms with Gasteiger partial charge in [-0.25, -0.2) is 0 Å². The summed E-state index contributed by atoms with van der Waals surface area (Å²) in [5.74, 6) is -0.269. The third-order valence-electron chi connectivity index (χ3n) is 2.25. The van der Waals surface area contributed by atoms with Gasteiger partial charge in [0.05, 0.1) is 7.11 Å². The molecular weight excluding hydrogens is 206 g/mol. The van der Waals surface area contributed by atoms with Crippen LogP contribution in [0.15, 0.2) is 24.3 Å². The standard InChI is InChI=1S/C12H15NO3/c1-16-12(15)4-2-3-11(14)9-5-7-10(13)8-6-9/h5-8H,2-4,13H2,1H3. The Labute approximate surface area is 94.4 Å². The van der Waals surface area contributed by atoms with Crippen LogP contribution in [0.5, 0.6) is 0 Å². The quantitative estimate of drug-likeness (QED) is 0.467. The van der Waals surface area contributed by atoms with Crippen molar-refractivity contribution in [3.63, 3.8) is 0 Å². The number of anilines is 1. The first-order valence-electron chi connectivity index (χ1n) is 5.09. The van der Waals surface area contributed by atoms with E-state index in [2.05, 4.69) is 4.74 Å². The van der Waals surface area contributed by atoms with Gasteiger partial charge in [-0.15, -0.1) is 0 Å². The van der Waals surface area contributed by atoms with Crippen molar-refractivity contribution in [3.05, 3.63) is 29.8 Å². The molecule has 0 atom stereocenters. The zero-order chi connectivity index (χ0) is 12.0. The van der Waals surface area contributed by atoms with Crippen LogP contribution in [0.1, 0.15) is 29.6 Å². The lowest BCUT2D eigenvalue weighted by atomic mass is 10.1. The largest absolute Gasteiger partial charge is 0.469 e. The normalized spacial score (nSPS) is 9.81. The van der Waals surface area contributed by atoms with Gasteiger partial charge in [-0.1, -0.05) is 0 Å². The van der Waals surface area contributed by atoms with Crippen LogP contribution in [-0.2, 0) is 9.53 Å². The van der Waals surface area contributed by atoms with Crippen molar-refractivity contribution >= 4 is 17.4 Å². The van der Waals surface area contributed by atoms with E-state index in [-0.39, 0.29) is 18.2 Å². The fourth-order valence-corrected chi connectivity index (χ4v) is 1.31. The topological polar surface area (TPSA) is 69.4 Å². The number of ether oxygens (including phenoxy) is 1. The van der Waals surface area contributed by atoms with Crippen LogP contribution in [0, 0.1) is 0 Å². The molecule has 1 aromatic rings. The van der Waals surface area contributed by atoms with Crippen molar-refractivity contribution in [1.29, 1.82) is 0 Å². The van der Waals surface area contributed by atoms with Crippen LogP contribution in [0.3, 0.4) is 0 Å². The van der Waals surface area contributed by atoms with Crippen molar-refractivity contribution in [3.8, 4) is 0 Å². The Balaban J connectivity index is 2.41. The highest BCUT2D eigenvalue weighted by atomic mass is 16.5. The number of methoxy groups -OCH3 is 1. The highest BCUT2D eigenvalue weighted by Gasteiger charge is 2.07. The molecule has 16 heavy (non-hydrogen) atoms. The molecule has 4 nitrogen and oxygen atoms in total. The summed E-state index contributed by atoms with van der Waals surface area (Å²) in [4.78, 5) is 22.5. The van der Waals surface area contributed by atoms with Crippen LogP contribution in [0.4, 0.5) is 5.69 Å². The van der Waals surface area contributed by atoms with Gasteiger partial charge in [-0.05, 0) is 30.7 Å². The number of carbonyl (C=O) groups is 2. The average molecular weight is 221 g/mol. The number of benzene rings is 1. The van der Waals surface area contributed by atoms with Crippen LogP contribution < -0.4 is 5.73 Å². The number of rotatable bonds is 5. The van der Waals surface area contributed by atoms with E-state index in [9.17, 15) is 9.59 Å². The lowest BCUT2D eigenvalue weighted by Gasteiger charge is -2.01. The van der Waals surface area contributed by atoms with Gasteiger partial charge in [0.15, 0.2) is 5.78 Å². The van der Waals surface area contributed by atoms with Gasteiger partial charge in [-0.3, -0.25) is 9.59 Å². The van der Waals surface area contributed by atoms with E-state index in [1.807, 2.05) is 0 Å². The van der Waals surface area contributed by atoms with E-state index < -0.39 is 0 Å². The fraction of sp³-hybridized carbons (Fsp3) is 0.333. The number of Topliss-reactive ketones (excluding diaryl/α,β-unsaturated/α-hetero) is 1. The zero-order valence-corrected chi connectivity index (χ0v) is 9.23. The van der Waals surface area contributed by atoms with Gasteiger partial charge in [0, 0.05) is 24.1 Å². The summed E-state index contributed by atoms with van der Waals surface area (Å²) in [5, 5.41) is 0. The minimum Gasteiger partial charge on any atom is -0.469 e. The molecule has 4 heteroatoms. The average Bonchev–Trinajstić information content (AvgIpc) is 2.29. The third-order valence-corrected chi connectivity index (χ3v) is 2.25. The van der Waals surface area contributed by atoms with Crippen LogP contribution >= 0.6 is 0 Å². The Bertz CT molecular complexity index is 370. The zero-order valence-electron chi connectivity index (χ0n) is 9.23. The maximum Gasteiger partial charge on any atom is 0.305 e. The SMILES string of the molecule is COC(=O)CCCC(=O)c1ccc(N)cc1. The lowest BCUT2D eigenvalue weighted by Crippen LogP contribution is -2.03. The van der Waals surface area contributed by atoms with E-state index in [1.165, 1.54) is 7.11 Å². The number of esters is 1. The summed E-state index contributed by atoms with van der Waals surface area (Å²) in [6.07, 6.45) is 1.13. The molecule has 0 aromatic heterocycles. The molecule has 0 radical (unpaired) electrons. The maximum atomic E-state index is 11.6. The molecule has 2 N–H and O–H groups in total. The summed E-state index contributed by atoms with van der Waals surface area (Å²) in [5.41, 5.74) is 6.77. The van der Waals surface area contributed by atoms with E-state index in [4.69, 9.17) is 5.73 Å². The summed E-state index contributed by atoms with van der Waals surface area (Å²) < 4.78 is 4.49. The van der Waals surface area contributed by atoms with E-state index >= 15 is 0 Å². The van der Waals surface area contributed by atoms with Gasteiger partial charge in [0.2, 0.25) is 0 Å². The first-order chi connectivity index (χ1) is 7.63. The Kier molecular flexibility index (Phi) is 4.51. The first kappa shape index (κ1) is 12.2. The molecule has 0 bridgehead atoms. The molecule has 1 aromatic carbocycles. The monoisotopic (exact) mass is 221 g/mol. The second kappa shape index (κ2) is 5.90. The fourth-order valence-electron chi connectivity index (χ4n) is 1.31. The third kappa shape index (κ3) is 3.73. The molecule has 86 valence electrons. The number of nitrogen functional groups attached to an aromatic ring is 1. The van der Waals surface area contributed by atoms with Crippen molar-refractivity contribution < 1.29 is 14.3 Å². The molecule has 0 amide bonds. The molecule has 0 aliphatic rings. The maximum absolute atomic E-state index is 11.6. The number of nitrogens with two attached hydrogens (primary N) is 1. The van der Waals surface area contributed by atoms with Gasteiger partial charge in [0.25, 0.3) is 0 Å². The summed E-state index contributed by atoms with van der Waals surface area (Å²) in [6, 6.07) is 6.76. The van der Waals surface area contributed by atoms with Crippen LogP contribution in [-0.4, -0.2) is 18.9 Å². The summed E-state index contributed by atoms with van der Waals surface area (Å²) in [6.45, 7) is 0. The Morgan fingerprint density at radius 1 is 1.19 bits per heavy atom. The molecule has 0 saturated heterocycles. The minimum atomic E-state index is -0.287. The predicted octanol–water partition coefficient (Wildman–Crippen LogP) is 1.79. The van der Waals surface area contributed by atoms with E-state index in [0.29, 0.717) is 24.1 Å². The molecule has 1 rings (SSSR count). The summed E-state index contributed by atoms with van der Waals surface area (Å²) >= 11 is 0. The molecule has 0 unspecified atom stereocenters. The molecule has 0 fully saturated rings. The van der Waals surface area contributed by atoms with Gasteiger partial charge in [-0.2, -0.15) is 0 Å². The lowest BCUT2D eigenvalue weighted by molar-refractivity contribution is -0.140. The Morgan fingerprint density at radius 2 is 1.81 bits per heavy atom. The van der Waals surface area contributed by atoms with Gasteiger partial charge < -0.3 is 10.5 Å². The van der Waals surface area contributed by atoms with Crippen LogP contribution in [0.2, 0.25) is 0 Å². The Hall–Kier alpha value is -1.84. The van der Waals surface area contributed by atoms with Crippen molar-refractivity contribution in [2.45, 2.75) is 19.3 Å². The number of ketones is 1. The van der Waals surface area contributed by atoms with E-state index in [1.54, 1.807) is 24.3 Å². The predicted molar refractivity (Wildman–Crippen MR) is 61.1 cm³/mol. The number of hydrogen-bond acceptors (Lipinski definition) is 4. The second-order valence-electron chi connectivity index (χ2n) is 3.47. The summed E-state index contributed by atoms with van der Waals surface area (Å²) in [7, 11) is 1.34. The number of carbonyl (C=O) groups excluding carboxylic acids is 2. The first-order valence-corrected chi connectivity index (χ1v) is 5.09. The van der Waals surface area contributed by atoms with E-state index in [0.717, 1.165) is 0 Å². The molecule has 0 saturated carbocycles. The van der Waals surface area contributed by atoms with Crippen LogP contribution in [0.25, 0.3) is 0 Å². The molecule has 0 aliphatic carbocycles. The highest BCUT2D eigenvalue weighted by Crippen LogP contribution is 2.10. The molecule has 0 heterocycles. The highest BCUT2D eigenvalue weighted by molar-refractivity contribution is 5.96. The Morgan fingerprint density at radius 3 is 2.38 bits per heavy atom. The molecule has 0 spiro atoms. The molecular formula is C12H15NO3. The van der Waals surface area contributed by atoms with Gasteiger partial charge in [0.1, 0.15) is 0 Å². The van der Waals surface area contributed by atoms with Crippen molar-refractivity contribution in [1.82, 2.24) is 0 Å². The van der Waals surface area contributed by atoms with Crippen molar-refractivity contribution in [2.24, 2.45) is 0 Å². The van der Waals surface area contributed by atoms with Gasteiger partial charge >= 0.3 is 5.97 Å². The smallest absolute Gasteiger partial charge is 0.305 e. The minimum absolute atomic E-state index is 0.0175. The second-order valence-corrected chi connectivity index (χ2v) is 3.47. The molecule has 0 aliphatic heterocycles.